The van der Waals surface area contributed by atoms with Crippen LogP contribution in [0, 0.1) is 0 Å². The number of hydrogen-bond donors (Lipinski definition) is 0. The summed E-state index contributed by atoms with van der Waals surface area (Å²) in [6.45, 7) is 0. The summed E-state index contributed by atoms with van der Waals surface area (Å²) in [6, 6.07) is 12.5. The van der Waals surface area contributed by atoms with Crippen LogP contribution in [-0.2, 0) is 0 Å². The Morgan fingerprint density at radius 2 is 1.44 bits per heavy atom. The van der Waals surface area contributed by atoms with Gasteiger partial charge in [0.1, 0.15) is 0 Å². The SMILES string of the molecule is c1ccc2c(c1)cnc1c3cnncc3ccc21. The molecule has 0 saturated carbocycles. The van der Waals surface area contributed by atoms with E-state index in [1.54, 1.807) is 12.4 Å². The number of pyridine rings is 1. The summed E-state index contributed by atoms with van der Waals surface area (Å²) in [7, 11) is 0. The minimum absolute atomic E-state index is 0.987. The molecule has 18 heavy (non-hydrogen) atoms. The highest BCUT2D eigenvalue weighted by molar-refractivity contribution is 6.14. The molecule has 84 valence electrons. The third-order valence-corrected chi connectivity index (χ3v) is 3.28. The first-order chi connectivity index (χ1) is 8.93. The van der Waals surface area contributed by atoms with E-state index < -0.39 is 0 Å². The van der Waals surface area contributed by atoms with E-state index in [4.69, 9.17) is 0 Å². The quantitative estimate of drug-likeness (QED) is 0.436. The number of rotatable bonds is 0. The summed E-state index contributed by atoms with van der Waals surface area (Å²) < 4.78 is 0. The van der Waals surface area contributed by atoms with E-state index in [1.165, 1.54) is 5.39 Å². The van der Waals surface area contributed by atoms with Gasteiger partial charge in [-0.15, -0.1) is 0 Å². The molecule has 4 rings (SSSR count). The highest BCUT2D eigenvalue weighted by atomic mass is 15.1. The Hall–Kier alpha value is -2.55. The van der Waals surface area contributed by atoms with Crippen molar-refractivity contribution in [2.75, 3.05) is 0 Å². The van der Waals surface area contributed by atoms with Crippen molar-refractivity contribution in [3.05, 3.63) is 55.0 Å². The maximum Gasteiger partial charge on any atom is 0.0803 e. The van der Waals surface area contributed by atoms with Crippen molar-refractivity contribution < 1.29 is 0 Å². The van der Waals surface area contributed by atoms with Crippen LogP contribution in [0.1, 0.15) is 0 Å². The lowest BCUT2D eigenvalue weighted by Crippen LogP contribution is -1.86. The third kappa shape index (κ3) is 1.21. The number of hydrogen-bond acceptors (Lipinski definition) is 3. The molecule has 0 N–H and O–H groups in total. The van der Waals surface area contributed by atoms with Crippen LogP contribution in [0.2, 0.25) is 0 Å². The normalized spacial score (nSPS) is 11.3. The zero-order valence-corrected chi connectivity index (χ0v) is 9.54. The van der Waals surface area contributed by atoms with Gasteiger partial charge in [0.25, 0.3) is 0 Å². The summed E-state index contributed by atoms with van der Waals surface area (Å²) in [5, 5.41) is 13.5. The molecular weight excluding hydrogens is 222 g/mol. The fourth-order valence-electron chi connectivity index (χ4n) is 2.40. The lowest BCUT2D eigenvalue weighted by molar-refractivity contribution is 1.05. The molecule has 0 aliphatic carbocycles. The molecule has 0 saturated heterocycles. The monoisotopic (exact) mass is 231 g/mol. The van der Waals surface area contributed by atoms with Crippen LogP contribution in [-0.4, -0.2) is 15.2 Å². The van der Waals surface area contributed by atoms with Crippen molar-refractivity contribution >= 4 is 32.4 Å². The molecule has 2 aromatic heterocycles. The summed E-state index contributed by atoms with van der Waals surface area (Å²) in [5.41, 5.74) is 0.987. The first kappa shape index (κ1) is 9.48. The van der Waals surface area contributed by atoms with Crippen LogP contribution in [0.15, 0.2) is 55.0 Å². The van der Waals surface area contributed by atoms with E-state index in [1.807, 2.05) is 12.3 Å². The Kier molecular flexibility index (Phi) is 1.83. The topological polar surface area (TPSA) is 38.7 Å². The predicted octanol–water partition coefficient (Wildman–Crippen LogP) is 3.33. The second kappa shape index (κ2) is 3.47. The van der Waals surface area contributed by atoms with Crippen LogP contribution in [0.5, 0.6) is 0 Å². The second-order valence-electron chi connectivity index (χ2n) is 4.30. The first-order valence-electron chi connectivity index (χ1n) is 5.80. The van der Waals surface area contributed by atoms with Crippen molar-refractivity contribution in [1.82, 2.24) is 15.2 Å². The molecule has 4 aromatic rings. The van der Waals surface area contributed by atoms with E-state index in [2.05, 4.69) is 45.5 Å². The van der Waals surface area contributed by atoms with Crippen molar-refractivity contribution in [1.29, 1.82) is 0 Å². The fourth-order valence-corrected chi connectivity index (χ4v) is 2.40. The summed E-state index contributed by atoms with van der Waals surface area (Å²) >= 11 is 0. The van der Waals surface area contributed by atoms with E-state index in [0.29, 0.717) is 0 Å². The molecule has 0 aliphatic rings. The molecule has 0 atom stereocenters. The predicted molar refractivity (Wildman–Crippen MR) is 72.3 cm³/mol. The largest absolute Gasteiger partial charge is 0.255 e. The van der Waals surface area contributed by atoms with Crippen LogP contribution in [0.3, 0.4) is 0 Å². The molecule has 2 heterocycles. The Labute approximate surface area is 103 Å². The van der Waals surface area contributed by atoms with Gasteiger partial charge in [-0.1, -0.05) is 36.4 Å². The van der Waals surface area contributed by atoms with Gasteiger partial charge in [-0.2, -0.15) is 10.2 Å². The molecule has 0 aliphatic heterocycles. The number of benzene rings is 2. The highest BCUT2D eigenvalue weighted by Crippen LogP contribution is 2.28. The van der Waals surface area contributed by atoms with Crippen LogP contribution >= 0.6 is 0 Å². The molecule has 3 heteroatoms. The Bertz CT molecular complexity index is 809. The van der Waals surface area contributed by atoms with Gasteiger partial charge in [-0.25, -0.2) is 0 Å². The van der Waals surface area contributed by atoms with Crippen molar-refractivity contribution in [3.63, 3.8) is 0 Å². The summed E-state index contributed by atoms with van der Waals surface area (Å²) in [5.74, 6) is 0. The van der Waals surface area contributed by atoms with Crippen LogP contribution in [0.4, 0.5) is 0 Å². The van der Waals surface area contributed by atoms with Gasteiger partial charge in [0.05, 0.1) is 17.9 Å². The molecule has 0 unspecified atom stereocenters. The van der Waals surface area contributed by atoms with E-state index in [0.717, 1.165) is 27.1 Å². The van der Waals surface area contributed by atoms with Gasteiger partial charge in [-0.05, 0) is 5.39 Å². The van der Waals surface area contributed by atoms with Crippen molar-refractivity contribution in [2.24, 2.45) is 0 Å². The van der Waals surface area contributed by atoms with Crippen LogP contribution < -0.4 is 0 Å². The molecular formula is C15H9N3. The highest BCUT2D eigenvalue weighted by Gasteiger charge is 2.05. The standard InChI is InChI=1S/C15H9N3/c1-2-4-12-10(3-1)7-16-15-13(12)6-5-11-8-17-18-9-14(11)15/h1-9H. The summed E-state index contributed by atoms with van der Waals surface area (Å²) in [4.78, 5) is 4.57. The van der Waals surface area contributed by atoms with E-state index >= 15 is 0 Å². The van der Waals surface area contributed by atoms with Gasteiger partial charge in [0, 0.05) is 27.7 Å². The zero-order chi connectivity index (χ0) is 11.9. The van der Waals surface area contributed by atoms with Gasteiger partial charge in [0.2, 0.25) is 0 Å². The average Bonchev–Trinajstić information content (AvgIpc) is 2.46. The maximum absolute atomic E-state index is 4.57. The molecule has 3 nitrogen and oxygen atoms in total. The van der Waals surface area contributed by atoms with Crippen LogP contribution in [0.25, 0.3) is 32.4 Å². The summed E-state index contributed by atoms with van der Waals surface area (Å²) in [6.07, 6.45) is 5.46. The van der Waals surface area contributed by atoms with Gasteiger partial charge >= 0.3 is 0 Å². The maximum atomic E-state index is 4.57. The Balaban J connectivity index is 2.31. The first-order valence-corrected chi connectivity index (χ1v) is 5.80. The second-order valence-corrected chi connectivity index (χ2v) is 4.30. The Morgan fingerprint density at radius 1 is 0.611 bits per heavy atom. The third-order valence-electron chi connectivity index (χ3n) is 3.28. The number of aromatic nitrogens is 3. The van der Waals surface area contributed by atoms with Gasteiger partial charge in [0.15, 0.2) is 0 Å². The molecule has 0 amide bonds. The minimum atomic E-state index is 0.987. The smallest absolute Gasteiger partial charge is 0.0803 e. The lowest BCUT2D eigenvalue weighted by atomic mass is 10.0. The molecule has 2 aromatic carbocycles. The van der Waals surface area contributed by atoms with Gasteiger partial charge < -0.3 is 0 Å². The van der Waals surface area contributed by atoms with Crippen molar-refractivity contribution in [2.45, 2.75) is 0 Å². The van der Waals surface area contributed by atoms with E-state index in [9.17, 15) is 0 Å². The minimum Gasteiger partial charge on any atom is -0.255 e. The molecule has 0 bridgehead atoms. The molecule has 0 spiro atoms. The van der Waals surface area contributed by atoms with Crippen molar-refractivity contribution in [3.8, 4) is 0 Å². The number of nitrogens with zero attached hydrogens (tertiary/aromatic N) is 3. The van der Waals surface area contributed by atoms with Gasteiger partial charge in [-0.3, -0.25) is 4.98 Å². The lowest BCUT2D eigenvalue weighted by Gasteiger charge is -2.05. The fraction of sp³-hybridized carbons (Fsp3) is 0. The Morgan fingerprint density at radius 3 is 2.44 bits per heavy atom. The van der Waals surface area contributed by atoms with E-state index in [-0.39, 0.29) is 0 Å². The molecule has 0 fully saturated rings. The molecule has 0 radical (unpaired) electrons. The zero-order valence-electron chi connectivity index (χ0n) is 9.54. The average molecular weight is 231 g/mol. The number of fused-ring (bicyclic) bond motifs is 5.